The summed E-state index contributed by atoms with van der Waals surface area (Å²) in [6.07, 6.45) is 0.0756. The predicted molar refractivity (Wildman–Crippen MR) is 79.9 cm³/mol. The summed E-state index contributed by atoms with van der Waals surface area (Å²) in [5.74, 6) is -0.226. The van der Waals surface area contributed by atoms with Crippen LogP contribution >= 0.6 is 22.9 Å². The molecule has 0 aliphatic rings. The number of fused-ring (bicyclic) bond motifs is 1. The molecule has 0 bridgehead atoms. The predicted octanol–water partition coefficient (Wildman–Crippen LogP) is 2.64. The zero-order valence-electron chi connectivity index (χ0n) is 10.4. The summed E-state index contributed by atoms with van der Waals surface area (Å²) in [4.78, 5) is 12.5. The van der Waals surface area contributed by atoms with Crippen LogP contribution in [0.15, 0.2) is 18.2 Å². The van der Waals surface area contributed by atoms with Crippen LogP contribution in [0.2, 0.25) is 5.02 Å². The third-order valence-corrected chi connectivity index (χ3v) is 4.24. The number of aliphatic hydroxyl groups excluding tert-OH is 1. The van der Waals surface area contributed by atoms with Crippen LogP contribution in [0, 0.1) is 0 Å². The second kappa shape index (κ2) is 5.77. The Balaban J connectivity index is 2.23. The van der Waals surface area contributed by atoms with Crippen LogP contribution in [-0.4, -0.2) is 23.7 Å². The number of amides is 1. The van der Waals surface area contributed by atoms with E-state index in [9.17, 15) is 4.79 Å². The molecule has 1 amide bonds. The van der Waals surface area contributed by atoms with Gasteiger partial charge in [0, 0.05) is 16.6 Å². The SMILES string of the molecule is CC(O)CCNC(=O)c1sc2cccc(Cl)c2c1N. The van der Waals surface area contributed by atoms with Crippen LogP contribution in [0.25, 0.3) is 10.1 Å². The number of benzene rings is 1. The normalized spacial score (nSPS) is 12.6. The van der Waals surface area contributed by atoms with E-state index in [1.54, 1.807) is 13.0 Å². The summed E-state index contributed by atoms with van der Waals surface area (Å²) in [5.41, 5.74) is 6.40. The van der Waals surface area contributed by atoms with Gasteiger partial charge in [-0.3, -0.25) is 4.79 Å². The van der Waals surface area contributed by atoms with Crippen molar-refractivity contribution in [2.24, 2.45) is 0 Å². The van der Waals surface area contributed by atoms with E-state index in [0.29, 0.717) is 28.6 Å². The fourth-order valence-electron chi connectivity index (χ4n) is 1.77. The number of carbonyl (C=O) groups is 1. The van der Waals surface area contributed by atoms with Gasteiger partial charge in [-0.05, 0) is 25.5 Å². The first-order valence-corrected chi connectivity index (χ1v) is 7.13. The Labute approximate surface area is 120 Å². The van der Waals surface area contributed by atoms with Crippen LogP contribution < -0.4 is 11.1 Å². The average molecular weight is 299 g/mol. The number of halogens is 1. The number of nitrogen functional groups attached to an aromatic ring is 1. The number of anilines is 1. The minimum absolute atomic E-state index is 0.226. The molecule has 1 aromatic heterocycles. The number of nitrogens with one attached hydrogen (secondary N) is 1. The number of hydrogen-bond donors (Lipinski definition) is 3. The largest absolute Gasteiger partial charge is 0.397 e. The van der Waals surface area contributed by atoms with Gasteiger partial charge >= 0.3 is 0 Å². The molecule has 4 N–H and O–H groups in total. The summed E-state index contributed by atoms with van der Waals surface area (Å²) < 4.78 is 0.894. The van der Waals surface area contributed by atoms with E-state index in [4.69, 9.17) is 22.4 Å². The first-order valence-electron chi connectivity index (χ1n) is 5.93. The molecule has 0 spiro atoms. The highest BCUT2D eigenvalue weighted by Crippen LogP contribution is 2.37. The topological polar surface area (TPSA) is 75.3 Å². The molecular formula is C13H15ClN2O2S. The molecule has 1 unspecified atom stereocenters. The molecule has 0 aliphatic heterocycles. The summed E-state index contributed by atoms with van der Waals surface area (Å²) in [5, 5.41) is 13.2. The Kier molecular flexibility index (Phi) is 4.29. The van der Waals surface area contributed by atoms with Gasteiger partial charge in [0.2, 0.25) is 0 Å². The Bertz CT molecular complexity index is 610. The van der Waals surface area contributed by atoms with Crippen molar-refractivity contribution in [1.82, 2.24) is 5.32 Å². The molecule has 1 aromatic carbocycles. The number of nitrogens with two attached hydrogens (primary N) is 1. The Hall–Kier alpha value is -1.30. The third-order valence-electron chi connectivity index (χ3n) is 2.76. The molecule has 0 radical (unpaired) electrons. The van der Waals surface area contributed by atoms with E-state index < -0.39 is 6.10 Å². The van der Waals surface area contributed by atoms with Crippen molar-refractivity contribution in [3.8, 4) is 0 Å². The maximum absolute atomic E-state index is 12.0. The van der Waals surface area contributed by atoms with E-state index in [2.05, 4.69) is 5.32 Å². The first-order chi connectivity index (χ1) is 9.00. The molecular weight excluding hydrogens is 284 g/mol. The van der Waals surface area contributed by atoms with Gasteiger partial charge in [-0.25, -0.2) is 0 Å². The summed E-state index contributed by atoms with van der Waals surface area (Å²) >= 11 is 7.41. The van der Waals surface area contributed by atoms with E-state index >= 15 is 0 Å². The number of carbonyl (C=O) groups excluding carboxylic acids is 1. The second-order valence-corrected chi connectivity index (χ2v) is 5.81. The number of aliphatic hydroxyl groups is 1. The number of rotatable bonds is 4. The molecule has 19 heavy (non-hydrogen) atoms. The van der Waals surface area contributed by atoms with Crippen molar-refractivity contribution < 1.29 is 9.90 Å². The fourth-order valence-corrected chi connectivity index (χ4v) is 3.17. The van der Waals surface area contributed by atoms with Crippen LogP contribution in [0.3, 0.4) is 0 Å². The van der Waals surface area contributed by atoms with E-state index in [1.165, 1.54) is 11.3 Å². The molecule has 1 heterocycles. The Morgan fingerprint density at radius 2 is 2.32 bits per heavy atom. The highest BCUT2D eigenvalue weighted by molar-refractivity contribution is 7.21. The minimum atomic E-state index is -0.436. The lowest BCUT2D eigenvalue weighted by Gasteiger charge is -2.06. The molecule has 6 heteroatoms. The minimum Gasteiger partial charge on any atom is -0.397 e. The summed E-state index contributed by atoms with van der Waals surface area (Å²) in [6, 6.07) is 5.46. The third kappa shape index (κ3) is 3.00. The van der Waals surface area contributed by atoms with Gasteiger partial charge in [0.25, 0.3) is 5.91 Å². The maximum Gasteiger partial charge on any atom is 0.263 e. The quantitative estimate of drug-likeness (QED) is 0.812. The lowest BCUT2D eigenvalue weighted by atomic mass is 10.2. The Morgan fingerprint density at radius 1 is 1.58 bits per heavy atom. The van der Waals surface area contributed by atoms with Crippen molar-refractivity contribution in [3.63, 3.8) is 0 Å². The van der Waals surface area contributed by atoms with Crippen molar-refractivity contribution >= 4 is 44.6 Å². The van der Waals surface area contributed by atoms with Crippen molar-refractivity contribution in [2.75, 3.05) is 12.3 Å². The van der Waals surface area contributed by atoms with Gasteiger partial charge in [-0.2, -0.15) is 0 Å². The highest BCUT2D eigenvalue weighted by atomic mass is 35.5. The molecule has 2 rings (SSSR count). The molecule has 0 fully saturated rings. The van der Waals surface area contributed by atoms with Crippen LogP contribution in [0.1, 0.15) is 23.0 Å². The number of hydrogen-bond acceptors (Lipinski definition) is 4. The molecule has 0 aliphatic carbocycles. The molecule has 2 aromatic rings. The lowest BCUT2D eigenvalue weighted by Crippen LogP contribution is -2.26. The summed E-state index contributed by atoms with van der Waals surface area (Å²) in [7, 11) is 0. The summed E-state index contributed by atoms with van der Waals surface area (Å²) in [6.45, 7) is 2.09. The van der Waals surface area contributed by atoms with Crippen LogP contribution in [-0.2, 0) is 0 Å². The van der Waals surface area contributed by atoms with E-state index in [1.807, 2.05) is 12.1 Å². The highest BCUT2D eigenvalue weighted by Gasteiger charge is 2.17. The van der Waals surface area contributed by atoms with E-state index in [-0.39, 0.29) is 5.91 Å². The molecule has 1 atom stereocenters. The monoisotopic (exact) mass is 298 g/mol. The zero-order valence-corrected chi connectivity index (χ0v) is 12.0. The van der Waals surface area contributed by atoms with Gasteiger partial charge in [0.1, 0.15) is 4.88 Å². The molecule has 4 nitrogen and oxygen atoms in total. The van der Waals surface area contributed by atoms with Crippen molar-refractivity contribution in [1.29, 1.82) is 0 Å². The Morgan fingerprint density at radius 3 is 2.95 bits per heavy atom. The lowest BCUT2D eigenvalue weighted by molar-refractivity contribution is 0.0950. The standard InChI is InChI=1S/C13H15ClN2O2S/c1-7(17)5-6-16-13(18)12-11(15)10-8(14)3-2-4-9(10)19-12/h2-4,7,17H,5-6,15H2,1H3,(H,16,18). The smallest absolute Gasteiger partial charge is 0.263 e. The van der Waals surface area contributed by atoms with Gasteiger partial charge in [0.15, 0.2) is 0 Å². The number of thiophene rings is 1. The fraction of sp³-hybridized carbons (Fsp3) is 0.308. The maximum atomic E-state index is 12.0. The van der Waals surface area contributed by atoms with Gasteiger partial charge in [-0.15, -0.1) is 11.3 Å². The zero-order chi connectivity index (χ0) is 14.0. The average Bonchev–Trinajstić information content (AvgIpc) is 2.67. The van der Waals surface area contributed by atoms with Gasteiger partial charge < -0.3 is 16.2 Å². The van der Waals surface area contributed by atoms with Crippen LogP contribution in [0.5, 0.6) is 0 Å². The second-order valence-electron chi connectivity index (χ2n) is 4.35. The van der Waals surface area contributed by atoms with Gasteiger partial charge in [-0.1, -0.05) is 17.7 Å². The van der Waals surface area contributed by atoms with Crippen molar-refractivity contribution in [3.05, 3.63) is 28.1 Å². The van der Waals surface area contributed by atoms with E-state index in [0.717, 1.165) is 10.1 Å². The van der Waals surface area contributed by atoms with Crippen LogP contribution in [0.4, 0.5) is 5.69 Å². The molecule has 0 saturated carbocycles. The molecule has 0 saturated heterocycles. The molecule has 102 valence electrons. The van der Waals surface area contributed by atoms with Gasteiger partial charge in [0.05, 0.1) is 16.8 Å². The first kappa shape index (κ1) is 14.1. The van der Waals surface area contributed by atoms with Crippen molar-refractivity contribution in [2.45, 2.75) is 19.4 Å².